The lowest BCUT2D eigenvalue weighted by Gasteiger charge is -2.33. The molecule has 1 N–H and O–H groups in total. The van der Waals surface area contributed by atoms with Crippen LogP contribution >= 0.6 is 11.6 Å². The Balaban J connectivity index is 1.47. The molecular formula is C25H32ClN3O3S. The lowest BCUT2D eigenvalue weighted by atomic mass is 10.0. The average Bonchev–Trinajstić information content (AvgIpc) is 3.36. The molecule has 2 fully saturated rings. The highest BCUT2D eigenvalue weighted by Crippen LogP contribution is 2.26. The van der Waals surface area contributed by atoms with E-state index in [1.54, 1.807) is 0 Å². The molecule has 33 heavy (non-hydrogen) atoms. The molecule has 1 amide bonds. The summed E-state index contributed by atoms with van der Waals surface area (Å²) in [6.45, 7) is 5.61. The molecule has 0 aromatic heterocycles. The largest absolute Gasteiger partial charge is 0.348 e. The third-order valence-corrected chi connectivity index (χ3v) is 8.98. The van der Waals surface area contributed by atoms with Crippen molar-refractivity contribution in [3.63, 3.8) is 0 Å². The maximum Gasteiger partial charge on any atom is 0.253 e. The van der Waals surface area contributed by atoms with Crippen LogP contribution in [0.3, 0.4) is 0 Å². The zero-order chi connectivity index (χ0) is 23.4. The fourth-order valence-corrected chi connectivity index (χ4v) is 6.43. The molecule has 1 atom stereocenters. The molecule has 0 radical (unpaired) electrons. The van der Waals surface area contributed by atoms with Crippen molar-refractivity contribution in [2.45, 2.75) is 63.1 Å². The number of nitrogens with one attached hydrogen (secondary N) is 1. The first kappa shape index (κ1) is 24.2. The second-order valence-electron chi connectivity index (χ2n) is 9.02. The van der Waals surface area contributed by atoms with Crippen molar-refractivity contribution >= 4 is 27.5 Å². The van der Waals surface area contributed by atoms with Gasteiger partial charge in [0.1, 0.15) is 0 Å². The normalized spacial score (nSPS) is 20.1. The first-order valence-electron chi connectivity index (χ1n) is 11.7. The number of sulfonamides is 1. The number of hydrogen-bond acceptors (Lipinski definition) is 4. The van der Waals surface area contributed by atoms with Crippen LogP contribution in [-0.4, -0.2) is 49.2 Å². The molecule has 0 saturated carbocycles. The van der Waals surface area contributed by atoms with E-state index >= 15 is 0 Å². The third-order valence-electron chi connectivity index (χ3n) is 6.76. The second kappa shape index (κ2) is 10.6. The zero-order valence-corrected chi connectivity index (χ0v) is 20.7. The highest BCUT2D eigenvalue weighted by Gasteiger charge is 2.28. The van der Waals surface area contributed by atoms with Crippen LogP contribution in [0.4, 0.5) is 0 Å². The van der Waals surface area contributed by atoms with Gasteiger partial charge in [0.15, 0.2) is 0 Å². The summed E-state index contributed by atoms with van der Waals surface area (Å²) < 4.78 is 27.3. The van der Waals surface area contributed by atoms with Crippen LogP contribution in [0.1, 0.15) is 60.5 Å². The van der Waals surface area contributed by atoms with E-state index < -0.39 is 10.0 Å². The highest BCUT2D eigenvalue weighted by atomic mass is 35.5. The van der Waals surface area contributed by atoms with Crippen molar-refractivity contribution in [1.29, 1.82) is 0 Å². The van der Waals surface area contributed by atoms with Gasteiger partial charge in [-0.25, -0.2) is 8.42 Å². The molecule has 6 nitrogen and oxygen atoms in total. The number of likely N-dealkylation sites (tertiary alicyclic amines) is 1. The van der Waals surface area contributed by atoms with Crippen molar-refractivity contribution in [3.8, 4) is 0 Å². The predicted octanol–water partition coefficient (Wildman–Crippen LogP) is 4.43. The van der Waals surface area contributed by atoms with Crippen LogP contribution in [0.2, 0.25) is 5.02 Å². The van der Waals surface area contributed by atoms with E-state index in [1.807, 2.05) is 18.2 Å². The van der Waals surface area contributed by atoms with Gasteiger partial charge >= 0.3 is 0 Å². The van der Waals surface area contributed by atoms with Gasteiger partial charge in [-0.15, -0.1) is 0 Å². The number of amides is 1. The molecular weight excluding hydrogens is 458 g/mol. The average molecular weight is 490 g/mol. The summed E-state index contributed by atoms with van der Waals surface area (Å²) in [6, 6.07) is 13.1. The minimum absolute atomic E-state index is 0.110. The fraction of sp³-hybridized carbons (Fsp3) is 0.480. The number of benzene rings is 2. The van der Waals surface area contributed by atoms with Gasteiger partial charge in [-0.2, -0.15) is 4.31 Å². The van der Waals surface area contributed by atoms with E-state index in [1.165, 1.54) is 47.3 Å². The van der Waals surface area contributed by atoms with Crippen LogP contribution in [0.25, 0.3) is 0 Å². The molecule has 1 unspecified atom stereocenters. The molecule has 2 aliphatic rings. The Morgan fingerprint density at radius 2 is 1.73 bits per heavy atom. The molecule has 2 aromatic rings. The van der Waals surface area contributed by atoms with E-state index in [4.69, 9.17) is 11.6 Å². The highest BCUT2D eigenvalue weighted by molar-refractivity contribution is 7.89. The number of rotatable bonds is 7. The van der Waals surface area contributed by atoms with Gasteiger partial charge in [-0.3, -0.25) is 9.69 Å². The van der Waals surface area contributed by atoms with Crippen molar-refractivity contribution in [2.75, 3.05) is 19.6 Å². The van der Waals surface area contributed by atoms with Crippen LogP contribution in [0, 0.1) is 0 Å². The number of hydrogen-bond donors (Lipinski definition) is 1. The Bertz CT molecular complexity index is 1100. The molecule has 4 rings (SSSR count). The standard InChI is InChI=1S/C25H32ClN3O3S/c1-19-8-4-5-13-28(19)18-21-10-3-2-9-20(21)17-27-25(30)23-16-22(11-12-24(23)26)33(31,32)29-14-6-7-15-29/h2-3,9-12,16,19H,4-8,13-15,17-18H2,1H3,(H,27,30). The number of halogens is 1. The van der Waals surface area contributed by atoms with Gasteiger partial charge < -0.3 is 5.32 Å². The number of carbonyl (C=O) groups is 1. The Morgan fingerprint density at radius 1 is 1.03 bits per heavy atom. The molecule has 0 bridgehead atoms. The number of carbonyl (C=O) groups excluding carboxylic acids is 1. The van der Waals surface area contributed by atoms with Gasteiger partial charge in [0.2, 0.25) is 10.0 Å². The monoisotopic (exact) mass is 489 g/mol. The van der Waals surface area contributed by atoms with Crippen LogP contribution in [0.5, 0.6) is 0 Å². The summed E-state index contributed by atoms with van der Waals surface area (Å²) in [5.41, 5.74) is 2.43. The van der Waals surface area contributed by atoms with Gasteiger partial charge in [-0.1, -0.05) is 42.3 Å². The Kier molecular flexibility index (Phi) is 7.74. The smallest absolute Gasteiger partial charge is 0.253 e. The minimum atomic E-state index is -3.62. The molecule has 0 aliphatic carbocycles. The lowest BCUT2D eigenvalue weighted by molar-refractivity contribution is 0.0950. The van der Waals surface area contributed by atoms with Crippen LogP contribution < -0.4 is 5.32 Å². The number of nitrogens with zero attached hydrogens (tertiary/aromatic N) is 2. The Morgan fingerprint density at radius 3 is 2.45 bits per heavy atom. The maximum atomic E-state index is 13.0. The summed E-state index contributed by atoms with van der Waals surface area (Å²) in [4.78, 5) is 15.6. The van der Waals surface area contributed by atoms with Crippen molar-refractivity contribution < 1.29 is 13.2 Å². The lowest BCUT2D eigenvalue weighted by Crippen LogP contribution is -2.37. The van der Waals surface area contributed by atoms with Crippen LogP contribution in [-0.2, 0) is 23.1 Å². The summed E-state index contributed by atoms with van der Waals surface area (Å²) in [5.74, 6) is -0.375. The van der Waals surface area contributed by atoms with Gasteiger partial charge in [-0.05, 0) is 68.5 Å². The summed E-state index contributed by atoms with van der Waals surface area (Å²) in [6.07, 6.45) is 5.43. The molecule has 2 aliphatic heterocycles. The van der Waals surface area contributed by atoms with E-state index in [-0.39, 0.29) is 21.4 Å². The molecule has 2 heterocycles. The molecule has 2 saturated heterocycles. The predicted molar refractivity (Wildman–Crippen MR) is 131 cm³/mol. The molecule has 2 aromatic carbocycles. The summed E-state index contributed by atoms with van der Waals surface area (Å²) in [5, 5.41) is 3.18. The van der Waals surface area contributed by atoms with E-state index in [0.717, 1.165) is 31.5 Å². The first-order chi connectivity index (χ1) is 15.9. The summed E-state index contributed by atoms with van der Waals surface area (Å²) >= 11 is 6.28. The van der Waals surface area contributed by atoms with Crippen molar-refractivity contribution in [2.24, 2.45) is 0 Å². The molecule has 178 valence electrons. The Labute approximate surface area is 202 Å². The topological polar surface area (TPSA) is 69.7 Å². The van der Waals surface area contributed by atoms with E-state index in [0.29, 0.717) is 25.7 Å². The van der Waals surface area contributed by atoms with Gasteiger partial charge in [0.05, 0.1) is 15.5 Å². The van der Waals surface area contributed by atoms with Gasteiger partial charge in [0, 0.05) is 32.2 Å². The van der Waals surface area contributed by atoms with E-state index in [9.17, 15) is 13.2 Å². The second-order valence-corrected chi connectivity index (χ2v) is 11.4. The zero-order valence-electron chi connectivity index (χ0n) is 19.1. The van der Waals surface area contributed by atoms with Crippen molar-refractivity contribution in [3.05, 3.63) is 64.2 Å². The SMILES string of the molecule is CC1CCCCN1Cc1ccccc1CNC(=O)c1cc(S(=O)(=O)N2CCCC2)ccc1Cl. The first-order valence-corrected chi connectivity index (χ1v) is 13.6. The third kappa shape index (κ3) is 5.60. The maximum absolute atomic E-state index is 13.0. The Hall–Kier alpha value is -1.93. The molecule has 8 heteroatoms. The van der Waals surface area contributed by atoms with Crippen molar-refractivity contribution in [1.82, 2.24) is 14.5 Å². The molecule has 0 spiro atoms. The quantitative estimate of drug-likeness (QED) is 0.624. The van der Waals surface area contributed by atoms with E-state index in [2.05, 4.69) is 23.2 Å². The fourth-order valence-electron chi connectivity index (χ4n) is 4.68. The van der Waals surface area contributed by atoms with Gasteiger partial charge in [0.25, 0.3) is 5.91 Å². The summed E-state index contributed by atoms with van der Waals surface area (Å²) in [7, 11) is -3.62. The minimum Gasteiger partial charge on any atom is -0.348 e. The number of piperidine rings is 1. The van der Waals surface area contributed by atoms with Crippen LogP contribution in [0.15, 0.2) is 47.4 Å².